The molecule has 0 N–H and O–H groups in total. The van der Waals surface area contributed by atoms with Crippen LogP contribution in [0.2, 0.25) is 0 Å². The fraction of sp³-hybridized carbons (Fsp3) is 0.261. The van der Waals surface area contributed by atoms with E-state index in [0.29, 0.717) is 0 Å². The van der Waals surface area contributed by atoms with Crippen molar-refractivity contribution in [3.05, 3.63) is 76.0 Å². The van der Waals surface area contributed by atoms with Crippen LogP contribution in [-0.4, -0.2) is 37.1 Å². The van der Waals surface area contributed by atoms with Crippen molar-refractivity contribution in [3.63, 3.8) is 0 Å². The van der Waals surface area contributed by atoms with Gasteiger partial charge in [-0.2, -0.15) is 0 Å². The Balaban J connectivity index is 1.55. The number of halogens is 1. The average molecular weight is 438 g/mol. The number of aliphatic imine (C=N–C) groups is 1. The normalized spacial score (nSPS) is 14.8. The van der Waals surface area contributed by atoms with E-state index in [2.05, 4.69) is 87.8 Å². The van der Waals surface area contributed by atoms with Crippen molar-refractivity contribution in [3.8, 4) is 5.69 Å². The number of anilines is 1. The minimum Gasteiger partial charge on any atom is -0.378 e. The molecule has 1 aromatic heterocycles. The Labute approximate surface area is 174 Å². The lowest BCUT2D eigenvalue weighted by Gasteiger charge is -2.28. The third-order valence-electron chi connectivity index (χ3n) is 5.14. The van der Waals surface area contributed by atoms with Gasteiger partial charge in [-0.15, -0.1) is 0 Å². The maximum atomic E-state index is 5.42. The molecule has 1 aliphatic heterocycles. The van der Waals surface area contributed by atoms with E-state index in [4.69, 9.17) is 9.73 Å². The fourth-order valence-corrected chi connectivity index (χ4v) is 4.10. The van der Waals surface area contributed by atoms with E-state index in [-0.39, 0.29) is 0 Å². The summed E-state index contributed by atoms with van der Waals surface area (Å²) in [5.41, 5.74) is 6.83. The lowest BCUT2D eigenvalue weighted by Crippen LogP contribution is -2.36. The Morgan fingerprint density at radius 3 is 2.43 bits per heavy atom. The molecule has 0 radical (unpaired) electrons. The van der Waals surface area contributed by atoms with Gasteiger partial charge in [-0.1, -0.05) is 12.1 Å². The molecular formula is C23H24BrN3O. The number of rotatable bonds is 4. The van der Waals surface area contributed by atoms with Crippen molar-refractivity contribution >= 4 is 33.5 Å². The van der Waals surface area contributed by atoms with Crippen LogP contribution < -0.4 is 4.90 Å². The predicted molar refractivity (Wildman–Crippen MR) is 120 cm³/mol. The van der Waals surface area contributed by atoms with E-state index in [1.54, 1.807) is 0 Å². The zero-order chi connectivity index (χ0) is 19.5. The number of aromatic nitrogens is 1. The summed E-state index contributed by atoms with van der Waals surface area (Å²) in [4.78, 5) is 7.05. The molecule has 0 unspecified atom stereocenters. The first-order valence-corrected chi connectivity index (χ1v) is 10.3. The van der Waals surface area contributed by atoms with Crippen LogP contribution in [-0.2, 0) is 4.74 Å². The van der Waals surface area contributed by atoms with Crippen molar-refractivity contribution in [2.24, 2.45) is 4.99 Å². The van der Waals surface area contributed by atoms with Crippen LogP contribution in [0, 0.1) is 13.8 Å². The highest BCUT2D eigenvalue weighted by Crippen LogP contribution is 2.27. The van der Waals surface area contributed by atoms with E-state index >= 15 is 0 Å². The van der Waals surface area contributed by atoms with E-state index < -0.39 is 0 Å². The van der Waals surface area contributed by atoms with Gasteiger partial charge in [-0.05, 0) is 72.2 Å². The largest absolute Gasteiger partial charge is 0.378 e. The summed E-state index contributed by atoms with van der Waals surface area (Å²) < 4.78 is 8.76. The molecule has 2 aromatic carbocycles. The SMILES string of the molecule is Cc1cc(C=Nc2ccc(N3CCOCC3)cc2)c(C)n1-c1ccccc1Br. The van der Waals surface area contributed by atoms with Gasteiger partial charge in [0.05, 0.1) is 24.6 Å². The van der Waals surface area contributed by atoms with Crippen LogP contribution in [0.4, 0.5) is 11.4 Å². The summed E-state index contributed by atoms with van der Waals surface area (Å²) in [5, 5.41) is 0. The number of hydrogen-bond acceptors (Lipinski definition) is 3. The summed E-state index contributed by atoms with van der Waals surface area (Å²) in [6.07, 6.45) is 1.96. The van der Waals surface area contributed by atoms with Gasteiger partial charge in [-0.25, -0.2) is 0 Å². The zero-order valence-electron chi connectivity index (χ0n) is 16.2. The highest BCUT2D eigenvalue weighted by molar-refractivity contribution is 9.10. The third kappa shape index (κ3) is 3.91. The first kappa shape index (κ1) is 19.0. The van der Waals surface area contributed by atoms with Gasteiger partial charge in [0, 0.05) is 46.4 Å². The Morgan fingerprint density at radius 2 is 1.71 bits per heavy atom. The zero-order valence-corrected chi connectivity index (χ0v) is 17.8. The standard InChI is InChI=1S/C23H24BrN3O/c1-17-15-19(18(2)27(17)23-6-4-3-5-22(23)24)16-25-20-7-9-21(10-8-20)26-11-13-28-14-12-26/h3-10,15-16H,11-14H2,1-2H3. The highest BCUT2D eigenvalue weighted by Gasteiger charge is 2.12. The number of aryl methyl sites for hydroxylation is 1. The van der Waals surface area contributed by atoms with Crippen molar-refractivity contribution in [2.75, 3.05) is 31.2 Å². The first-order chi connectivity index (χ1) is 13.6. The average Bonchev–Trinajstić information content (AvgIpc) is 3.01. The molecular weight excluding hydrogens is 414 g/mol. The maximum absolute atomic E-state index is 5.42. The molecule has 5 heteroatoms. The number of para-hydroxylation sites is 1. The van der Waals surface area contributed by atoms with Crippen LogP contribution in [0.15, 0.2) is 64.1 Å². The van der Waals surface area contributed by atoms with Crippen LogP contribution in [0.3, 0.4) is 0 Å². The minimum absolute atomic E-state index is 0.799. The Bertz CT molecular complexity index is 986. The number of hydrogen-bond donors (Lipinski definition) is 0. The number of ether oxygens (including phenoxy) is 1. The van der Waals surface area contributed by atoms with Gasteiger partial charge in [0.1, 0.15) is 0 Å². The summed E-state index contributed by atoms with van der Waals surface area (Å²) >= 11 is 3.66. The summed E-state index contributed by atoms with van der Waals surface area (Å²) in [6, 6.07) is 18.9. The van der Waals surface area contributed by atoms with Gasteiger partial charge in [0.15, 0.2) is 0 Å². The van der Waals surface area contributed by atoms with E-state index in [9.17, 15) is 0 Å². The van der Waals surface area contributed by atoms with Gasteiger partial charge >= 0.3 is 0 Å². The fourth-order valence-electron chi connectivity index (χ4n) is 3.64. The third-order valence-corrected chi connectivity index (χ3v) is 5.81. The number of morpholine rings is 1. The molecule has 1 saturated heterocycles. The van der Waals surface area contributed by atoms with Crippen LogP contribution in [0.5, 0.6) is 0 Å². The Morgan fingerprint density at radius 1 is 1.00 bits per heavy atom. The van der Waals surface area contributed by atoms with Gasteiger partial charge in [0.25, 0.3) is 0 Å². The monoisotopic (exact) mass is 437 g/mol. The van der Waals surface area contributed by atoms with Crippen LogP contribution in [0.25, 0.3) is 5.69 Å². The molecule has 144 valence electrons. The Kier molecular flexibility index (Phi) is 5.64. The van der Waals surface area contributed by atoms with Crippen LogP contribution >= 0.6 is 15.9 Å². The molecule has 4 rings (SSSR count). The van der Waals surface area contributed by atoms with E-state index in [1.807, 2.05) is 12.3 Å². The number of nitrogens with zero attached hydrogens (tertiary/aromatic N) is 3. The molecule has 0 saturated carbocycles. The van der Waals surface area contributed by atoms with Gasteiger partial charge in [-0.3, -0.25) is 4.99 Å². The smallest absolute Gasteiger partial charge is 0.0642 e. The van der Waals surface area contributed by atoms with E-state index in [0.717, 1.165) is 47.7 Å². The molecule has 0 spiro atoms. The quantitative estimate of drug-likeness (QED) is 0.508. The molecule has 0 atom stereocenters. The minimum atomic E-state index is 0.799. The molecule has 0 aliphatic carbocycles. The molecule has 28 heavy (non-hydrogen) atoms. The molecule has 0 amide bonds. The molecule has 1 aliphatic rings. The number of benzene rings is 2. The summed E-state index contributed by atoms with van der Waals surface area (Å²) in [7, 11) is 0. The van der Waals surface area contributed by atoms with Crippen LogP contribution in [0.1, 0.15) is 17.0 Å². The second kappa shape index (κ2) is 8.33. The molecule has 1 fully saturated rings. The topological polar surface area (TPSA) is 29.8 Å². The first-order valence-electron chi connectivity index (χ1n) is 9.54. The second-order valence-corrected chi connectivity index (χ2v) is 7.84. The lowest BCUT2D eigenvalue weighted by atomic mass is 10.2. The van der Waals surface area contributed by atoms with Crippen molar-refractivity contribution in [2.45, 2.75) is 13.8 Å². The van der Waals surface area contributed by atoms with Crippen molar-refractivity contribution in [1.29, 1.82) is 0 Å². The van der Waals surface area contributed by atoms with Crippen molar-refractivity contribution < 1.29 is 4.74 Å². The predicted octanol–water partition coefficient (Wildman–Crippen LogP) is 5.44. The molecule has 0 bridgehead atoms. The second-order valence-electron chi connectivity index (χ2n) is 6.99. The Hall–Kier alpha value is -2.37. The maximum Gasteiger partial charge on any atom is 0.0642 e. The summed E-state index contributed by atoms with van der Waals surface area (Å²) in [5.74, 6) is 0. The highest BCUT2D eigenvalue weighted by atomic mass is 79.9. The van der Waals surface area contributed by atoms with Gasteiger partial charge < -0.3 is 14.2 Å². The van der Waals surface area contributed by atoms with Crippen molar-refractivity contribution in [1.82, 2.24) is 4.57 Å². The van der Waals surface area contributed by atoms with Gasteiger partial charge in [0.2, 0.25) is 0 Å². The molecule has 2 heterocycles. The van der Waals surface area contributed by atoms with E-state index in [1.165, 1.54) is 17.1 Å². The molecule has 4 nitrogen and oxygen atoms in total. The molecule has 3 aromatic rings. The lowest BCUT2D eigenvalue weighted by molar-refractivity contribution is 0.122. The summed E-state index contributed by atoms with van der Waals surface area (Å²) in [6.45, 7) is 7.75.